The summed E-state index contributed by atoms with van der Waals surface area (Å²) >= 11 is 0. The van der Waals surface area contributed by atoms with Gasteiger partial charge in [-0.25, -0.2) is 13.6 Å². The van der Waals surface area contributed by atoms with Crippen molar-refractivity contribution in [3.05, 3.63) is 24.3 Å². The Bertz CT molecular complexity index is 513. The molecule has 0 aliphatic carbocycles. The summed E-state index contributed by atoms with van der Waals surface area (Å²) in [4.78, 5) is 2.41. The average molecular weight is 285 g/mol. The quantitative estimate of drug-likeness (QED) is 0.800. The normalized spacial score (nSPS) is 17.3. The molecule has 1 saturated heterocycles. The number of nitrogens with two attached hydrogens (primary N) is 1. The van der Waals surface area contributed by atoms with E-state index in [4.69, 9.17) is 9.88 Å². The maximum Gasteiger partial charge on any atom is 0.240 e. The van der Waals surface area contributed by atoms with Gasteiger partial charge in [0.05, 0.1) is 18.9 Å². The summed E-state index contributed by atoms with van der Waals surface area (Å²) in [7, 11) is -3.68. The molecule has 1 aliphatic rings. The van der Waals surface area contributed by atoms with Crippen LogP contribution in [0.25, 0.3) is 0 Å². The van der Waals surface area contributed by atoms with Crippen molar-refractivity contribution in [1.82, 2.24) is 4.90 Å². The molecule has 1 fully saturated rings. The Balaban J connectivity index is 1.92. The van der Waals surface area contributed by atoms with Crippen molar-refractivity contribution in [2.45, 2.75) is 4.90 Å². The lowest BCUT2D eigenvalue weighted by atomic mass is 10.3. The Labute approximate surface area is 113 Å². The summed E-state index contributed by atoms with van der Waals surface area (Å²) < 4.78 is 28.1. The van der Waals surface area contributed by atoms with E-state index in [2.05, 4.69) is 10.2 Å². The van der Waals surface area contributed by atoms with Gasteiger partial charge in [-0.15, -0.1) is 0 Å². The second-order valence-corrected chi connectivity index (χ2v) is 5.95. The third-order valence-corrected chi connectivity index (χ3v) is 4.01. The van der Waals surface area contributed by atoms with Crippen molar-refractivity contribution in [2.24, 2.45) is 5.14 Å². The van der Waals surface area contributed by atoms with E-state index in [9.17, 15) is 8.42 Å². The molecule has 1 aromatic carbocycles. The van der Waals surface area contributed by atoms with Crippen LogP contribution < -0.4 is 10.5 Å². The second-order valence-electron chi connectivity index (χ2n) is 4.42. The summed E-state index contributed by atoms with van der Waals surface area (Å²) in [6, 6.07) is 6.67. The van der Waals surface area contributed by atoms with Crippen molar-refractivity contribution in [3.63, 3.8) is 0 Å². The minimum atomic E-state index is -3.68. The summed E-state index contributed by atoms with van der Waals surface area (Å²) in [5.74, 6) is 0. The van der Waals surface area contributed by atoms with E-state index in [0.717, 1.165) is 32.8 Å². The standard InChI is InChI=1S/C12H19N3O3S/c13-19(16,17)12-4-2-1-3-11(12)14-5-6-15-7-9-18-10-8-15/h1-4,14H,5-10H2,(H2,13,16,17). The van der Waals surface area contributed by atoms with E-state index in [0.29, 0.717) is 12.2 Å². The lowest BCUT2D eigenvalue weighted by Crippen LogP contribution is -2.39. The third-order valence-electron chi connectivity index (χ3n) is 3.04. The second kappa shape index (κ2) is 6.33. The van der Waals surface area contributed by atoms with E-state index >= 15 is 0 Å². The number of nitrogens with one attached hydrogen (secondary N) is 1. The van der Waals surface area contributed by atoms with Gasteiger partial charge >= 0.3 is 0 Å². The largest absolute Gasteiger partial charge is 0.383 e. The molecule has 0 saturated carbocycles. The lowest BCUT2D eigenvalue weighted by molar-refractivity contribution is 0.0398. The van der Waals surface area contributed by atoms with Crippen LogP contribution in [0.1, 0.15) is 0 Å². The Morgan fingerprint density at radius 2 is 1.95 bits per heavy atom. The molecule has 0 atom stereocenters. The number of anilines is 1. The number of rotatable bonds is 5. The summed E-state index contributed by atoms with van der Waals surface area (Å²) in [6.45, 7) is 4.87. The molecule has 1 heterocycles. The molecule has 0 unspecified atom stereocenters. The molecule has 7 heteroatoms. The fourth-order valence-electron chi connectivity index (χ4n) is 2.03. The zero-order valence-electron chi connectivity index (χ0n) is 10.7. The van der Waals surface area contributed by atoms with Crippen LogP contribution in [0.2, 0.25) is 0 Å². The van der Waals surface area contributed by atoms with Crippen LogP contribution >= 0.6 is 0 Å². The van der Waals surface area contributed by atoms with Gasteiger partial charge < -0.3 is 10.1 Å². The van der Waals surface area contributed by atoms with E-state index in [1.54, 1.807) is 18.2 Å². The minimum absolute atomic E-state index is 0.136. The van der Waals surface area contributed by atoms with Crippen LogP contribution in [0.3, 0.4) is 0 Å². The van der Waals surface area contributed by atoms with Crippen molar-refractivity contribution in [1.29, 1.82) is 0 Å². The molecule has 106 valence electrons. The molecule has 0 spiro atoms. The number of sulfonamides is 1. The molecule has 0 aromatic heterocycles. The molecule has 0 amide bonds. The molecule has 1 aliphatic heterocycles. The van der Waals surface area contributed by atoms with Crippen LogP contribution in [0, 0.1) is 0 Å². The number of hydrogen-bond acceptors (Lipinski definition) is 5. The zero-order chi connectivity index (χ0) is 13.7. The fourth-order valence-corrected chi connectivity index (χ4v) is 2.75. The van der Waals surface area contributed by atoms with Gasteiger partial charge in [0.25, 0.3) is 0 Å². The lowest BCUT2D eigenvalue weighted by Gasteiger charge is -2.26. The first-order chi connectivity index (χ1) is 9.07. The average Bonchev–Trinajstić information content (AvgIpc) is 2.39. The van der Waals surface area contributed by atoms with Crippen molar-refractivity contribution >= 4 is 15.7 Å². The van der Waals surface area contributed by atoms with Gasteiger partial charge in [-0.2, -0.15) is 0 Å². The molecule has 0 radical (unpaired) electrons. The first-order valence-corrected chi connectivity index (χ1v) is 7.78. The minimum Gasteiger partial charge on any atom is -0.383 e. The number of nitrogens with zero attached hydrogens (tertiary/aromatic N) is 1. The molecular formula is C12H19N3O3S. The van der Waals surface area contributed by atoms with Gasteiger partial charge in [0.2, 0.25) is 10.0 Å². The third kappa shape index (κ3) is 4.17. The molecule has 0 bridgehead atoms. The highest BCUT2D eigenvalue weighted by atomic mass is 32.2. The molecule has 3 N–H and O–H groups in total. The van der Waals surface area contributed by atoms with Crippen molar-refractivity contribution in [3.8, 4) is 0 Å². The molecular weight excluding hydrogens is 266 g/mol. The monoisotopic (exact) mass is 285 g/mol. The van der Waals surface area contributed by atoms with Gasteiger partial charge in [0.1, 0.15) is 4.90 Å². The summed E-state index contributed by atoms with van der Waals surface area (Å²) in [5.41, 5.74) is 0.554. The Morgan fingerprint density at radius 3 is 2.63 bits per heavy atom. The SMILES string of the molecule is NS(=O)(=O)c1ccccc1NCCN1CCOCC1. The number of benzene rings is 1. The predicted octanol–water partition coefficient (Wildman–Crippen LogP) is 0.0781. The smallest absolute Gasteiger partial charge is 0.240 e. The Morgan fingerprint density at radius 1 is 1.26 bits per heavy atom. The molecule has 6 nitrogen and oxygen atoms in total. The van der Waals surface area contributed by atoms with E-state index in [1.165, 1.54) is 6.07 Å². The number of hydrogen-bond donors (Lipinski definition) is 2. The Kier molecular flexibility index (Phi) is 4.76. The fraction of sp³-hybridized carbons (Fsp3) is 0.500. The van der Waals surface area contributed by atoms with E-state index in [1.807, 2.05) is 0 Å². The van der Waals surface area contributed by atoms with Crippen molar-refractivity contribution < 1.29 is 13.2 Å². The van der Waals surface area contributed by atoms with Crippen LogP contribution in [-0.2, 0) is 14.8 Å². The number of para-hydroxylation sites is 1. The highest BCUT2D eigenvalue weighted by molar-refractivity contribution is 7.89. The number of primary sulfonamides is 1. The highest BCUT2D eigenvalue weighted by Crippen LogP contribution is 2.18. The maximum absolute atomic E-state index is 11.4. The number of morpholine rings is 1. The highest BCUT2D eigenvalue weighted by Gasteiger charge is 2.13. The first kappa shape index (κ1) is 14.3. The van der Waals surface area contributed by atoms with Gasteiger partial charge in [-0.1, -0.05) is 12.1 Å². The summed E-state index contributed by atoms with van der Waals surface area (Å²) in [6.07, 6.45) is 0. The maximum atomic E-state index is 11.4. The van der Waals surface area contributed by atoms with Crippen LogP contribution in [0.4, 0.5) is 5.69 Å². The molecule has 19 heavy (non-hydrogen) atoms. The van der Waals surface area contributed by atoms with Gasteiger partial charge in [0.15, 0.2) is 0 Å². The zero-order valence-corrected chi connectivity index (χ0v) is 11.5. The predicted molar refractivity (Wildman–Crippen MR) is 73.6 cm³/mol. The van der Waals surface area contributed by atoms with Gasteiger partial charge in [-0.3, -0.25) is 4.90 Å². The molecule has 2 rings (SSSR count). The van der Waals surface area contributed by atoms with Crippen LogP contribution in [0.5, 0.6) is 0 Å². The number of ether oxygens (including phenoxy) is 1. The van der Waals surface area contributed by atoms with E-state index in [-0.39, 0.29) is 4.90 Å². The van der Waals surface area contributed by atoms with E-state index < -0.39 is 10.0 Å². The van der Waals surface area contributed by atoms with Crippen LogP contribution in [-0.4, -0.2) is 52.7 Å². The van der Waals surface area contributed by atoms with Gasteiger partial charge in [-0.05, 0) is 12.1 Å². The van der Waals surface area contributed by atoms with Crippen molar-refractivity contribution in [2.75, 3.05) is 44.7 Å². The summed E-state index contributed by atoms with van der Waals surface area (Å²) in [5, 5.41) is 8.30. The Hall–Kier alpha value is -1.15. The van der Waals surface area contributed by atoms with Gasteiger partial charge in [0, 0.05) is 26.2 Å². The topological polar surface area (TPSA) is 84.7 Å². The first-order valence-electron chi connectivity index (χ1n) is 6.23. The molecule has 1 aromatic rings. The van der Waals surface area contributed by atoms with Crippen LogP contribution in [0.15, 0.2) is 29.2 Å².